The summed E-state index contributed by atoms with van der Waals surface area (Å²) in [6.45, 7) is 0. The first-order valence-electron chi connectivity index (χ1n) is 8.44. The van der Waals surface area contributed by atoms with E-state index < -0.39 is 0 Å². The number of rotatable bonds is 3. The Bertz CT molecular complexity index is 1300. The molecule has 0 saturated heterocycles. The molecule has 0 bridgehead atoms. The van der Waals surface area contributed by atoms with Crippen molar-refractivity contribution in [3.8, 4) is 0 Å². The molecule has 0 N–H and O–H groups in total. The summed E-state index contributed by atoms with van der Waals surface area (Å²) in [4.78, 5) is 9.62. The molecule has 0 aliphatic heterocycles. The number of imidazole rings is 1. The molecule has 3 aromatic carbocycles. The number of thioether (sulfide) groups is 1. The molecule has 0 saturated carbocycles. The van der Waals surface area contributed by atoms with Gasteiger partial charge in [0.1, 0.15) is 11.5 Å². The van der Waals surface area contributed by atoms with Crippen LogP contribution in [0, 0.1) is 5.82 Å². The molecule has 0 fully saturated rings. The smallest absolute Gasteiger partial charge is 0.175 e. The van der Waals surface area contributed by atoms with Crippen LogP contribution >= 0.6 is 23.4 Å². The van der Waals surface area contributed by atoms with E-state index in [0.717, 1.165) is 32.7 Å². The summed E-state index contributed by atoms with van der Waals surface area (Å²) in [7, 11) is 0. The number of halogens is 2. The fourth-order valence-corrected chi connectivity index (χ4v) is 4.57. The van der Waals surface area contributed by atoms with Crippen molar-refractivity contribution >= 4 is 50.9 Å². The van der Waals surface area contributed by atoms with Crippen LogP contribution < -0.4 is 0 Å². The third-order valence-corrected chi connectivity index (χ3v) is 5.84. The molecular weight excluding hydrogens is 381 g/mol. The average Bonchev–Trinajstić information content (AvgIpc) is 3.07. The molecule has 0 atom stereocenters. The maximum absolute atomic E-state index is 14.2. The average molecular weight is 394 g/mol. The van der Waals surface area contributed by atoms with Gasteiger partial charge in [-0.15, -0.1) is 0 Å². The highest BCUT2D eigenvalue weighted by Crippen LogP contribution is 2.32. The molecule has 5 aromatic rings. The summed E-state index contributed by atoms with van der Waals surface area (Å²) >= 11 is 7.64. The van der Waals surface area contributed by atoms with Crippen LogP contribution in [0.1, 0.15) is 5.56 Å². The van der Waals surface area contributed by atoms with Gasteiger partial charge < -0.3 is 0 Å². The Hall–Kier alpha value is -2.63. The van der Waals surface area contributed by atoms with Gasteiger partial charge in [-0.25, -0.2) is 14.4 Å². The summed E-state index contributed by atoms with van der Waals surface area (Å²) in [5, 5.41) is 2.17. The van der Waals surface area contributed by atoms with Gasteiger partial charge in [0.25, 0.3) is 0 Å². The van der Waals surface area contributed by atoms with Crippen molar-refractivity contribution in [2.24, 2.45) is 0 Å². The maximum Gasteiger partial charge on any atom is 0.175 e. The summed E-state index contributed by atoms with van der Waals surface area (Å²) in [6, 6.07) is 20.6. The van der Waals surface area contributed by atoms with Crippen LogP contribution in [0.5, 0.6) is 0 Å². The van der Waals surface area contributed by atoms with Crippen LogP contribution in [0.2, 0.25) is 5.02 Å². The molecule has 0 aliphatic rings. The number of benzene rings is 3. The number of hydrogen-bond donors (Lipinski definition) is 0. The second kappa shape index (κ2) is 6.51. The molecular formula is C21H13ClFN3S. The summed E-state index contributed by atoms with van der Waals surface area (Å²) in [5.74, 6) is 0.0841. The SMILES string of the molecule is Fc1cccc(Cl)c1CSc1nc2ccccc2c2nc3ccccc3n12. The van der Waals surface area contributed by atoms with Crippen molar-refractivity contribution in [3.63, 3.8) is 0 Å². The number of para-hydroxylation sites is 3. The molecule has 132 valence electrons. The Balaban J connectivity index is 1.72. The standard InChI is InChI=1S/C21H13ClFN3S/c22-15-7-5-8-16(23)14(15)12-27-21-25-17-9-2-1-6-13(17)20-24-18-10-3-4-11-19(18)26(20)21/h1-11H,12H2. The zero-order valence-corrected chi connectivity index (χ0v) is 15.6. The first-order valence-corrected chi connectivity index (χ1v) is 9.80. The summed E-state index contributed by atoms with van der Waals surface area (Å²) in [6.07, 6.45) is 0. The quantitative estimate of drug-likeness (QED) is 0.273. The van der Waals surface area contributed by atoms with E-state index in [1.165, 1.54) is 17.8 Å². The normalized spacial score (nSPS) is 11.6. The van der Waals surface area contributed by atoms with Gasteiger partial charge in [0.05, 0.1) is 16.6 Å². The lowest BCUT2D eigenvalue weighted by molar-refractivity contribution is 0.617. The molecule has 0 radical (unpaired) electrons. The van der Waals surface area contributed by atoms with Crippen molar-refractivity contribution in [2.75, 3.05) is 0 Å². The van der Waals surface area contributed by atoms with E-state index in [9.17, 15) is 4.39 Å². The predicted molar refractivity (Wildman–Crippen MR) is 109 cm³/mol. The monoisotopic (exact) mass is 393 g/mol. The Morgan fingerprint density at radius 3 is 2.52 bits per heavy atom. The number of fused-ring (bicyclic) bond motifs is 5. The molecule has 27 heavy (non-hydrogen) atoms. The van der Waals surface area contributed by atoms with E-state index in [0.29, 0.717) is 16.3 Å². The second-order valence-corrected chi connectivity index (χ2v) is 7.51. The zero-order valence-electron chi connectivity index (χ0n) is 14.1. The van der Waals surface area contributed by atoms with E-state index in [-0.39, 0.29) is 5.82 Å². The fourth-order valence-electron chi connectivity index (χ4n) is 3.22. The Kier molecular flexibility index (Phi) is 3.99. The van der Waals surface area contributed by atoms with Crippen LogP contribution in [-0.4, -0.2) is 14.4 Å². The first kappa shape index (κ1) is 16.5. The van der Waals surface area contributed by atoms with Crippen LogP contribution in [0.3, 0.4) is 0 Å². The minimum absolute atomic E-state index is 0.303. The van der Waals surface area contributed by atoms with Crippen LogP contribution in [-0.2, 0) is 5.75 Å². The molecule has 5 rings (SSSR count). The molecule has 6 heteroatoms. The van der Waals surface area contributed by atoms with Gasteiger partial charge in [-0.05, 0) is 36.4 Å². The number of aromatic nitrogens is 3. The minimum Gasteiger partial charge on any atom is -0.271 e. The lowest BCUT2D eigenvalue weighted by Crippen LogP contribution is -1.98. The summed E-state index contributed by atoms with van der Waals surface area (Å²) < 4.78 is 16.2. The minimum atomic E-state index is -0.303. The Labute approximate surface area is 163 Å². The Morgan fingerprint density at radius 1 is 0.889 bits per heavy atom. The third-order valence-electron chi connectivity index (χ3n) is 4.52. The largest absolute Gasteiger partial charge is 0.271 e. The Morgan fingerprint density at radius 2 is 1.67 bits per heavy atom. The lowest BCUT2D eigenvalue weighted by Gasteiger charge is -2.09. The van der Waals surface area contributed by atoms with E-state index >= 15 is 0 Å². The highest BCUT2D eigenvalue weighted by Gasteiger charge is 2.15. The summed E-state index contributed by atoms with van der Waals surface area (Å²) in [5.41, 5.74) is 4.08. The third kappa shape index (κ3) is 2.74. The van der Waals surface area contributed by atoms with Crippen LogP contribution in [0.25, 0.3) is 27.6 Å². The van der Waals surface area contributed by atoms with Gasteiger partial charge in [0.15, 0.2) is 5.16 Å². The van der Waals surface area contributed by atoms with Gasteiger partial charge in [-0.1, -0.05) is 53.7 Å². The van der Waals surface area contributed by atoms with Crippen molar-refractivity contribution < 1.29 is 4.39 Å². The molecule has 0 unspecified atom stereocenters. The van der Waals surface area contributed by atoms with Crippen molar-refractivity contribution in [3.05, 3.63) is 83.1 Å². The highest BCUT2D eigenvalue weighted by atomic mass is 35.5. The molecule has 2 aromatic heterocycles. The molecule has 2 heterocycles. The van der Waals surface area contributed by atoms with Gasteiger partial charge in [-0.2, -0.15) is 0 Å². The van der Waals surface area contributed by atoms with E-state index in [1.807, 2.05) is 52.9 Å². The maximum atomic E-state index is 14.2. The molecule has 0 spiro atoms. The van der Waals surface area contributed by atoms with Crippen LogP contribution in [0.15, 0.2) is 71.9 Å². The zero-order chi connectivity index (χ0) is 18.4. The molecule has 0 amide bonds. The van der Waals surface area contributed by atoms with Crippen molar-refractivity contribution in [2.45, 2.75) is 10.9 Å². The fraction of sp³-hybridized carbons (Fsp3) is 0.0476. The number of hydrogen-bond acceptors (Lipinski definition) is 3. The first-order chi connectivity index (χ1) is 13.2. The van der Waals surface area contributed by atoms with Gasteiger partial charge in [-0.3, -0.25) is 4.40 Å². The van der Waals surface area contributed by atoms with Gasteiger partial charge in [0.2, 0.25) is 0 Å². The second-order valence-electron chi connectivity index (χ2n) is 6.16. The van der Waals surface area contributed by atoms with E-state index in [4.69, 9.17) is 21.6 Å². The van der Waals surface area contributed by atoms with E-state index in [2.05, 4.69) is 0 Å². The lowest BCUT2D eigenvalue weighted by atomic mass is 10.2. The molecule has 0 aliphatic carbocycles. The van der Waals surface area contributed by atoms with Crippen molar-refractivity contribution in [1.29, 1.82) is 0 Å². The number of nitrogens with zero attached hydrogens (tertiary/aromatic N) is 3. The molecule has 3 nitrogen and oxygen atoms in total. The van der Waals surface area contributed by atoms with Crippen molar-refractivity contribution in [1.82, 2.24) is 14.4 Å². The van der Waals surface area contributed by atoms with E-state index in [1.54, 1.807) is 12.1 Å². The predicted octanol–water partition coefficient (Wildman–Crippen LogP) is 6.12. The van der Waals surface area contributed by atoms with Gasteiger partial charge in [0, 0.05) is 21.7 Å². The van der Waals surface area contributed by atoms with Crippen LogP contribution in [0.4, 0.5) is 4.39 Å². The highest BCUT2D eigenvalue weighted by molar-refractivity contribution is 7.98. The van der Waals surface area contributed by atoms with Gasteiger partial charge >= 0.3 is 0 Å². The topological polar surface area (TPSA) is 30.2 Å².